The van der Waals surface area contributed by atoms with Gasteiger partial charge in [0, 0.05) is 5.41 Å². The van der Waals surface area contributed by atoms with Gasteiger partial charge in [0.1, 0.15) is 5.82 Å². The fourth-order valence-corrected chi connectivity index (χ4v) is 4.49. The molecule has 0 amide bonds. The Morgan fingerprint density at radius 1 is 1.40 bits per heavy atom. The van der Waals surface area contributed by atoms with Crippen molar-refractivity contribution in [3.8, 4) is 0 Å². The van der Waals surface area contributed by atoms with Gasteiger partial charge in [-0.05, 0) is 24.6 Å². The third-order valence-corrected chi connectivity index (χ3v) is 5.67. The highest BCUT2D eigenvalue weighted by molar-refractivity contribution is 7.94. The van der Waals surface area contributed by atoms with E-state index in [1.807, 2.05) is 0 Å². The summed E-state index contributed by atoms with van der Waals surface area (Å²) in [5, 5.41) is 0.963. The van der Waals surface area contributed by atoms with E-state index in [2.05, 4.69) is 4.72 Å². The van der Waals surface area contributed by atoms with E-state index in [1.54, 1.807) is 0 Å². The molecule has 1 atom stereocenters. The third-order valence-electron chi connectivity index (χ3n) is 2.80. The molecule has 1 unspecified atom stereocenters. The largest absolute Gasteiger partial charge is 0.396 e. The number of nitrogens with one attached hydrogen (secondary N) is 1. The topological polar surface area (TPSA) is 106 Å². The number of hydrogen-bond acceptors (Lipinski definition) is 5. The number of aryl methyl sites for hydroxylation is 1. The quantitative estimate of drug-likeness (QED) is 0.779. The minimum absolute atomic E-state index is 0.0972. The highest BCUT2D eigenvalue weighted by atomic mass is 32.2. The van der Waals surface area contributed by atoms with E-state index in [0.29, 0.717) is 0 Å². The zero-order valence-corrected chi connectivity index (χ0v) is 12.1. The molecule has 3 N–H and O–H groups in total. The lowest BCUT2D eigenvalue weighted by Crippen LogP contribution is -2.35. The van der Waals surface area contributed by atoms with Gasteiger partial charge in [0.15, 0.2) is 9.84 Å². The predicted octanol–water partition coefficient (Wildman–Crippen LogP) is 0.305. The Morgan fingerprint density at radius 2 is 2.05 bits per heavy atom. The number of nitrogens with two attached hydrogens (primary N) is 1. The molecule has 6 nitrogen and oxygen atoms in total. The number of sulfonamides is 1. The molecule has 2 rings (SSSR count). The fraction of sp³-hybridized carbons (Fsp3) is 0.273. The molecule has 0 aliphatic carbocycles. The molecule has 20 heavy (non-hydrogen) atoms. The summed E-state index contributed by atoms with van der Waals surface area (Å²) in [4.78, 5) is -0.202. The molecule has 0 aromatic heterocycles. The van der Waals surface area contributed by atoms with E-state index >= 15 is 0 Å². The monoisotopic (exact) mass is 320 g/mol. The lowest BCUT2D eigenvalue weighted by molar-refractivity contribution is 0.574. The molecule has 0 saturated heterocycles. The second kappa shape index (κ2) is 4.83. The van der Waals surface area contributed by atoms with Crippen molar-refractivity contribution in [2.45, 2.75) is 17.9 Å². The van der Waals surface area contributed by atoms with E-state index in [4.69, 9.17) is 5.73 Å². The lowest BCUT2D eigenvalue weighted by Gasteiger charge is -2.12. The summed E-state index contributed by atoms with van der Waals surface area (Å²) in [7, 11) is -7.33. The van der Waals surface area contributed by atoms with E-state index in [-0.39, 0.29) is 21.9 Å². The Kier molecular flexibility index (Phi) is 3.61. The molecule has 110 valence electrons. The van der Waals surface area contributed by atoms with Crippen LogP contribution in [0.3, 0.4) is 0 Å². The molecule has 1 aromatic carbocycles. The smallest absolute Gasteiger partial charge is 0.241 e. The number of hydrogen-bond donors (Lipinski definition) is 2. The number of benzene rings is 1. The lowest BCUT2D eigenvalue weighted by atomic mass is 10.2. The van der Waals surface area contributed by atoms with Crippen molar-refractivity contribution in [3.63, 3.8) is 0 Å². The highest BCUT2D eigenvalue weighted by Gasteiger charge is 2.27. The number of rotatable bonds is 3. The van der Waals surface area contributed by atoms with Gasteiger partial charge in [-0.25, -0.2) is 25.9 Å². The predicted molar refractivity (Wildman–Crippen MR) is 72.6 cm³/mol. The summed E-state index contributed by atoms with van der Waals surface area (Å²) >= 11 is 0. The Bertz CT molecular complexity index is 762. The fourth-order valence-electron chi connectivity index (χ4n) is 1.83. The number of anilines is 1. The second-order valence-electron chi connectivity index (χ2n) is 4.53. The van der Waals surface area contributed by atoms with Crippen LogP contribution in [0.5, 0.6) is 0 Å². The van der Waals surface area contributed by atoms with Crippen LogP contribution >= 0.6 is 0 Å². The van der Waals surface area contributed by atoms with Gasteiger partial charge >= 0.3 is 0 Å². The van der Waals surface area contributed by atoms with Gasteiger partial charge in [-0.15, -0.1) is 0 Å². The number of nitrogen functional groups attached to an aromatic ring is 1. The van der Waals surface area contributed by atoms with Gasteiger partial charge in [-0.3, -0.25) is 0 Å². The van der Waals surface area contributed by atoms with Gasteiger partial charge in [0.25, 0.3) is 0 Å². The van der Waals surface area contributed by atoms with Crippen molar-refractivity contribution in [2.75, 3.05) is 11.5 Å². The molecule has 1 aliphatic rings. The van der Waals surface area contributed by atoms with Crippen LogP contribution in [-0.2, 0) is 19.9 Å². The van der Waals surface area contributed by atoms with E-state index in [1.165, 1.54) is 13.0 Å². The first kappa shape index (κ1) is 14.9. The average molecular weight is 320 g/mol. The van der Waals surface area contributed by atoms with Crippen LogP contribution in [0.25, 0.3) is 0 Å². The van der Waals surface area contributed by atoms with Gasteiger partial charge < -0.3 is 5.73 Å². The van der Waals surface area contributed by atoms with Crippen LogP contribution in [-0.4, -0.2) is 28.6 Å². The molecule has 1 aromatic rings. The minimum atomic E-state index is -3.97. The average Bonchev–Trinajstić information content (AvgIpc) is 2.64. The summed E-state index contributed by atoms with van der Waals surface area (Å²) < 4.78 is 62.2. The third kappa shape index (κ3) is 3.00. The highest BCUT2D eigenvalue weighted by Crippen LogP contribution is 2.21. The molecule has 0 fully saturated rings. The Hall–Kier alpha value is -1.45. The summed E-state index contributed by atoms with van der Waals surface area (Å²) in [6, 6.07) is 1.30. The normalized spacial score (nSPS) is 21.2. The molecule has 1 aliphatic heterocycles. The van der Waals surface area contributed by atoms with Crippen LogP contribution in [0.1, 0.15) is 5.56 Å². The molecular formula is C11H13FN2O4S2. The maximum atomic E-state index is 13.4. The zero-order chi connectivity index (χ0) is 15.1. The first-order chi connectivity index (χ1) is 9.11. The molecule has 0 radical (unpaired) electrons. The summed E-state index contributed by atoms with van der Waals surface area (Å²) in [5.74, 6) is -1.01. The molecule has 1 heterocycles. The van der Waals surface area contributed by atoms with Gasteiger partial charge in [-0.2, -0.15) is 0 Å². The van der Waals surface area contributed by atoms with Crippen LogP contribution in [0.15, 0.2) is 28.5 Å². The van der Waals surface area contributed by atoms with E-state index in [9.17, 15) is 21.2 Å². The van der Waals surface area contributed by atoms with Crippen molar-refractivity contribution >= 4 is 25.5 Å². The molecular weight excluding hydrogens is 307 g/mol. The summed E-state index contributed by atoms with van der Waals surface area (Å²) in [6.07, 6.45) is 1.26. The standard InChI is InChI=1S/C11H13FN2O4S2/c1-7-4-9(5-10(13)11(7)12)20(17,18)14-8-2-3-19(15,16)6-8/h2-5,8,14H,6,13H2,1H3. The van der Waals surface area contributed by atoms with Crippen LogP contribution in [0.4, 0.5) is 10.1 Å². The molecule has 0 saturated carbocycles. The number of sulfone groups is 1. The van der Waals surface area contributed by atoms with Crippen LogP contribution < -0.4 is 10.5 Å². The Morgan fingerprint density at radius 3 is 2.55 bits per heavy atom. The van der Waals surface area contributed by atoms with Crippen LogP contribution in [0, 0.1) is 12.7 Å². The van der Waals surface area contributed by atoms with E-state index < -0.39 is 31.7 Å². The van der Waals surface area contributed by atoms with Gasteiger partial charge in [0.2, 0.25) is 10.0 Å². The maximum absolute atomic E-state index is 13.4. The van der Waals surface area contributed by atoms with Crippen molar-refractivity contribution in [1.82, 2.24) is 4.72 Å². The zero-order valence-electron chi connectivity index (χ0n) is 10.5. The Balaban J connectivity index is 2.30. The molecule has 9 heteroatoms. The molecule has 0 bridgehead atoms. The molecule has 0 spiro atoms. The van der Waals surface area contributed by atoms with Crippen molar-refractivity contribution in [1.29, 1.82) is 0 Å². The van der Waals surface area contributed by atoms with Crippen molar-refractivity contribution in [2.24, 2.45) is 0 Å². The number of halogens is 1. The van der Waals surface area contributed by atoms with Crippen molar-refractivity contribution in [3.05, 3.63) is 35.0 Å². The van der Waals surface area contributed by atoms with Gasteiger partial charge in [-0.1, -0.05) is 6.08 Å². The first-order valence-corrected chi connectivity index (χ1v) is 8.79. The SMILES string of the molecule is Cc1cc(S(=O)(=O)NC2C=CS(=O)(=O)C2)cc(N)c1F. The van der Waals surface area contributed by atoms with Gasteiger partial charge in [0.05, 0.1) is 22.4 Å². The van der Waals surface area contributed by atoms with Crippen LogP contribution in [0.2, 0.25) is 0 Å². The minimum Gasteiger partial charge on any atom is -0.396 e. The Labute approximate surface area is 116 Å². The van der Waals surface area contributed by atoms with Crippen molar-refractivity contribution < 1.29 is 21.2 Å². The first-order valence-electron chi connectivity index (χ1n) is 5.60. The maximum Gasteiger partial charge on any atom is 0.241 e. The summed E-state index contributed by atoms with van der Waals surface area (Å²) in [6.45, 7) is 1.39. The van der Waals surface area contributed by atoms with E-state index in [0.717, 1.165) is 17.5 Å². The summed E-state index contributed by atoms with van der Waals surface area (Å²) in [5.41, 5.74) is 5.21. The second-order valence-corrected chi connectivity index (χ2v) is 8.17.